The summed E-state index contributed by atoms with van der Waals surface area (Å²) in [6, 6.07) is 0. The van der Waals surface area contributed by atoms with E-state index in [9.17, 15) is 0 Å². The zero-order chi connectivity index (χ0) is 7.82. The highest BCUT2D eigenvalue weighted by Gasteiger charge is 1.97. The molecule has 0 saturated carbocycles. The molecule has 2 nitrogen and oxygen atoms in total. The van der Waals surface area contributed by atoms with Crippen LogP contribution < -0.4 is 5.73 Å². The zero-order valence-electron chi connectivity index (χ0n) is 6.68. The van der Waals surface area contributed by atoms with Crippen molar-refractivity contribution in [3.8, 4) is 0 Å². The van der Waals surface area contributed by atoms with Crippen molar-refractivity contribution in [2.45, 2.75) is 25.9 Å². The Kier molecular flexibility index (Phi) is 6.55. The minimum atomic E-state index is 0.296. The molecule has 60 valence electrons. The van der Waals surface area contributed by atoms with Gasteiger partial charge in [0.2, 0.25) is 0 Å². The Morgan fingerprint density at radius 3 is 2.90 bits per heavy atom. The molecule has 0 aromatic rings. The number of hydrogen-bond acceptors (Lipinski definition) is 2. The van der Waals surface area contributed by atoms with Crippen LogP contribution in [0.3, 0.4) is 0 Å². The normalized spacial score (nSPS) is 13.0. The van der Waals surface area contributed by atoms with Crippen molar-refractivity contribution in [1.29, 1.82) is 0 Å². The van der Waals surface area contributed by atoms with Gasteiger partial charge in [-0.1, -0.05) is 6.08 Å². The van der Waals surface area contributed by atoms with Crippen LogP contribution in [0.2, 0.25) is 0 Å². The second kappa shape index (κ2) is 6.78. The minimum Gasteiger partial charge on any atom is -0.378 e. The van der Waals surface area contributed by atoms with Crippen LogP contribution in [-0.2, 0) is 4.74 Å². The standard InChI is InChI=1S/C8H17NO/c1-3-4-7-10-8(2)5-6-9/h3,8H,1,4-7,9H2,2H3. The first-order valence-electron chi connectivity index (χ1n) is 3.73. The van der Waals surface area contributed by atoms with Crippen molar-refractivity contribution in [1.82, 2.24) is 0 Å². The maximum atomic E-state index is 5.37. The molecule has 0 heterocycles. The fourth-order valence-corrected chi connectivity index (χ4v) is 0.671. The van der Waals surface area contributed by atoms with Gasteiger partial charge in [0.25, 0.3) is 0 Å². The lowest BCUT2D eigenvalue weighted by Gasteiger charge is -2.09. The third-order valence-corrected chi connectivity index (χ3v) is 1.30. The predicted molar refractivity (Wildman–Crippen MR) is 43.9 cm³/mol. The number of ether oxygens (including phenoxy) is 1. The summed E-state index contributed by atoms with van der Waals surface area (Å²) in [6.07, 6.45) is 4.02. The van der Waals surface area contributed by atoms with E-state index in [0.29, 0.717) is 12.6 Å². The van der Waals surface area contributed by atoms with Crippen molar-refractivity contribution in [2.24, 2.45) is 5.73 Å². The van der Waals surface area contributed by atoms with E-state index in [0.717, 1.165) is 19.4 Å². The highest BCUT2D eigenvalue weighted by atomic mass is 16.5. The van der Waals surface area contributed by atoms with Gasteiger partial charge in [-0.3, -0.25) is 0 Å². The summed E-state index contributed by atoms with van der Waals surface area (Å²) in [4.78, 5) is 0. The van der Waals surface area contributed by atoms with Gasteiger partial charge in [0, 0.05) is 0 Å². The molecule has 2 heteroatoms. The molecule has 0 amide bonds. The van der Waals surface area contributed by atoms with Gasteiger partial charge in [-0.05, 0) is 26.3 Å². The van der Waals surface area contributed by atoms with Crippen LogP contribution in [-0.4, -0.2) is 19.3 Å². The molecule has 0 spiro atoms. The average molecular weight is 143 g/mol. The van der Waals surface area contributed by atoms with Gasteiger partial charge in [0.15, 0.2) is 0 Å². The van der Waals surface area contributed by atoms with Crippen LogP contribution in [0.5, 0.6) is 0 Å². The van der Waals surface area contributed by atoms with Crippen molar-refractivity contribution >= 4 is 0 Å². The first-order chi connectivity index (χ1) is 4.81. The molecule has 1 unspecified atom stereocenters. The Labute approximate surface area is 63.1 Å². The van der Waals surface area contributed by atoms with Gasteiger partial charge in [-0.25, -0.2) is 0 Å². The van der Waals surface area contributed by atoms with E-state index in [1.54, 1.807) is 0 Å². The molecule has 0 aliphatic carbocycles. The maximum absolute atomic E-state index is 5.37. The second-order valence-electron chi connectivity index (χ2n) is 2.34. The molecule has 2 N–H and O–H groups in total. The highest BCUT2D eigenvalue weighted by Crippen LogP contribution is 1.96. The summed E-state index contributed by atoms with van der Waals surface area (Å²) >= 11 is 0. The lowest BCUT2D eigenvalue weighted by Crippen LogP contribution is -2.14. The van der Waals surface area contributed by atoms with Crippen LogP contribution >= 0.6 is 0 Å². The molecule has 0 aromatic carbocycles. The molecule has 0 aliphatic heterocycles. The largest absolute Gasteiger partial charge is 0.378 e. The smallest absolute Gasteiger partial charge is 0.0559 e. The van der Waals surface area contributed by atoms with E-state index in [1.165, 1.54) is 0 Å². The van der Waals surface area contributed by atoms with E-state index in [-0.39, 0.29) is 0 Å². The highest BCUT2D eigenvalue weighted by molar-refractivity contribution is 4.65. The van der Waals surface area contributed by atoms with E-state index < -0.39 is 0 Å². The summed E-state index contributed by atoms with van der Waals surface area (Å²) < 4.78 is 5.37. The van der Waals surface area contributed by atoms with Crippen LogP contribution in [0.1, 0.15) is 19.8 Å². The van der Waals surface area contributed by atoms with Gasteiger partial charge >= 0.3 is 0 Å². The van der Waals surface area contributed by atoms with E-state index >= 15 is 0 Å². The molecule has 0 radical (unpaired) electrons. The number of hydrogen-bond donors (Lipinski definition) is 1. The molecule has 10 heavy (non-hydrogen) atoms. The Morgan fingerprint density at radius 1 is 1.70 bits per heavy atom. The maximum Gasteiger partial charge on any atom is 0.0559 e. The second-order valence-corrected chi connectivity index (χ2v) is 2.34. The third kappa shape index (κ3) is 5.79. The van der Waals surface area contributed by atoms with Crippen molar-refractivity contribution < 1.29 is 4.74 Å². The molecular weight excluding hydrogens is 126 g/mol. The van der Waals surface area contributed by atoms with E-state index in [1.807, 2.05) is 13.0 Å². The van der Waals surface area contributed by atoms with Gasteiger partial charge in [-0.2, -0.15) is 0 Å². The number of nitrogens with two attached hydrogens (primary N) is 1. The van der Waals surface area contributed by atoms with Crippen LogP contribution in [0.25, 0.3) is 0 Å². The monoisotopic (exact) mass is 143 g/mol. The Bertz CT molecular complexity index is 83.3. The quantitative estimate of drug-likeness (QED) is 0.449. The van der Waals surface area contributed by atoms with Crippen LogP contribution in [0.15, 0.2) is 12.7 Å². The molecule has 0 fully saturated rings. The topological polar surface area (TPSA) is 35.2 Å². The Hall–Kier alpha value is -0.340. The van der Waals surface area contributed by atoms with Gasteiger partial charge in [-0.15, -0.1) is 6.58 Å². The van der Waals surface area contributed by atoms with E-state index in [2.05, 4.69) is 6.58 Å². The first-order valence-corrected chi connectivity index (χ1v) is 3.73. The number of rotatable bonds is 6. The first kappa shape index (κ1) is 9.66. The fraction of sp³-hybridized carbons (Fsp3) is 0.750. The van der Waals surface area contributed by atoms with E-state index in [4.69, 9.17) is 10.5 Å². The Balaban J connectivity index is 3.04. The lowest BCUT2D eigenvalue weighted by atomic mass is 10.3. The molecule has 0 rings (SSSR count). The molecule has 0 aromatic heterocycles. The molecule has 0 bridgehead atoms. The molecule has 0 saturated heterocycles. The lowest BCUT2D eigenvalue weighted by molar-refractivity contribution is 0.0654. The SMILES string of the molecule is C=CCCOC(C)CCN. The fourth-order valence-electron chi connectivity index (χ4n) is 0.671. The van der Waals surface area contributed by atoms with Gasteiger partial charge < -0.3 is 10.5 Å². The summed E-state index contributed by atoms with van der Waals surface area (Å²) in [5.41, 5.74) is 5.33. The zero-order valence-corrected chi connectivity index (χ0v) is 6.68. The molecular formula is C8H17NO. The average Bonchev–Trinajstić information content (AvgIpc) is 1.89. The summed E-state index contributed by atoms with van der Waals surface area (Å²) in [6.45, 7) is 7.11. The predicted octanol–water partition coefficient (Wildman–Crippen LogP) is 1.32. The van der Waals surface area contributed by atoms with Crippen LogP contribution in [0, 0.1) is 0 Å². The summed E-state index contributed by atoms with van der Waals surface area (Å²) in [7, 11) is 0. The summed E-state index contributed by atoms with van der Waals surface area (Å²) in [5, 5.41) is 0. The van der Waals surface area contributed by atoms with Gasteiger partial charge in [0.1, 0.15) is 0 Å². The minimum absolute atomic E-state index is 0.296. The molecule has 0 aliphatic rings. The van der Waals surface area contributed by atoms with Crippen molar-refractivity contribution in [3.63, 3.8) is 0 Å². The van der Waals surface area contributed by atoms with Crippen LogP contribution in [0.4, 0.5) is 0 Å². The van der Waals surface area contributed by atoms with Crippen molar-refractivity contribution in [3.05, 3.63) is 12.7 Å². The Morgan fingerprint density at radius 2 is 2.40 bits per heavy atom. The van der Waals surface area contributed by atoms with Crippen molar-refractivity contribution in [2.75, 3.05) is 13.2 Å². The third-order valence-electron chi connectivity index (χ3n) is 1.30. The summed E-state index contributed by atoms with van der Waals surface area (Å²) in [5.74, 6) is 0. The molecule has 1 atom stereocenters. The van der Waals surface area contributed by atoms with Gasteiger partial charge in [0.05, 0.1) is 12.7 Å².